The van der Waals surface area contributed by atoms with Gasteiger partial charge in [-0.25, -0.2) is 0 Å². The maximum absolute atomic E-state index is 12.8. The molecule has 3 heterocycles. The van der Waals surface area contributed by atoms with Gasteiger partial charge in [0, 0.05) is 16.3 Å². The number of hydrogen-bond donors (Lipinski definition) is 0. The molecule has 0 spiro atoms. The highest BCUT2D eigenvalue weighted by Gasteiger charge is 2.21. The fourth-order valence-electron chi connectivity index (χ4n) is 3.42. The van der Waals surface area contributed by atoms with Crippen LogP contribution in [-0.2, 0) is 6.54 Å². The minimum absolute atomic E-state index is 0.134. The van der Waals surface area contributed by atoms with E-state index in [9.17, 15) is 4.79 Å². The lowest BCUT2D eigenvalue weighted by Gasteiger charge is -2.22. The monoisotopic (exact) mass is 289 g/mol. The summed E-state index contributed by atoms with van der Waals surface area (Å²) >= 11 is 1.54. The van der Waals surface area contributed by atoms with Crippen molar-refractivity contribution in [2.24, 2.45) is 0 Å². The minimum Gasteiger partial charge on any atom is -0.302 e. The molecule has 0 N–H and O–H groups in total. The molecule has 4 aromatic rings. The van der Waals surface area contributed by atoms with Crippen LogP contribution in [0.2, 0.25) is 0 Å². The first kappa shape index (κ1) is 11.3. The molecule has 2 aromatic heterocycles. The van der Waals surface area contributed by atoms with Gasteiger partial charge in [-0.2, -0.15) is 0 Å². The molecule has 0 unspecified atom stereocenters. The van der Waals surface area contributed by atoms with E-state index in [0.29, 0.717) is 6.54 Å². The van der Waals surface area contributed by atoms with Gasteiger partial charge in [0.1, 0.15) is 4.70 Å². The average Bonchev–Trinajstić information content (AvgIpc) is 3.02. The molecule has 0 fully saturated rings. The van der Waals surface area contributed by atoms with Crippen LogP contribution >= 0.6 is 11.3 Å². The third-order valence-corrected chi connectivity index (χ3v) is 5.24. The molecule has 1 aliphatic rings. The number of pyridine rings is 1. The van der Waals surface area contributed by atoms with Gasteiger partial charge in [0.25, 0.3) is 5.56 Å². The van der Waals surface area contributed by atoms with Crippen LogP contribution in [0.5, 0.6) is 0 Å². The summed E-state index contributed by atoms with van der Waals surface area (Å²) in [6.07, 6.45) is 0. The Bertz CT molecular complexity index is 1090. The predicted molar refractivity (Wildman–Crippen MR) is 88.1 cm³/mol. The minimum atomic E-state index is 0.134. The topological polar surface area (TPSA) is 22.0 Å². The first-order valence-electron chi connectivity index (χ1n) is 6.95. The van der Waals surface area contributed by atoms with Gasteiger partial charge < -0.3 is 4.57 Å². The molecule has 1 aliphatic heterocycles. The van der Waals surface area contributed by atoms with Crippen molar-refractivity contribution in [3.8, 4) is 11.1 Å². The van der Waals surface area contributed by atoms with E-state index in [4.69, 9.17) is 0 Å². The Kier molecular flexibility index (Phi) is 2.06. The van der Waals surface area contributed by atoms with E-state index < -0.39 is 0 Å². The van der Waals surface area contributed by atoms with Crippen LogP contribution in [0, 0.1) is 0 Å². The Balaban J connectivity index is 2.11. The van der Waals surface area contributed by atoms with Gasteiger partial charge in [-0.05, 0) is 22.6 Å². The molecule has 2 aromatic carbocycles. The number of hydrogen-bond acceptors (Lipinski definition) is 2. The number of para-hydroxylation sites is 1. The fourth-order valence-corrected chi connectivity index (χ4v) is 4.28. The molecule has 0 aliphatic carbocycles. The van der Waals surface area contributed by atoms with Gasteiger partial charge in [0.15, 0.2) is 0 Å². The normalized spacial score (nSPS) is 12.8. The summed E-state index contributed by atoms with van der Waals surface area (Å²) in [5.41, 5.74) is 4.84. The number of nitrogens with zero attached hydrogens (tertiary/aromatic N) is 1. The molecule has 3 heteroatoms. The lowest BCUT2D eigenvalue weighted by atomic mass is 9.93. The SMILES string of the molecule is O=c1c2sccc2c2cccc3c2n1Cc1ccccc1-3. The highest BCUT2D eigenvalue weighted by atomic mass is 32.1. The maximum atomic E-state index is 12.8. The zero-order valence-electron chi connectivity index (χ0n) is 11.2. The van der Waals surface area contributed by atoms with Crippen LogP contribution in [-0.4, -0.2) is 4.57 Å². The van der Waals surface area contributed by atoms with Crippen LogP contribution in [0.1, 0.15) is 5.56 Å². The largest absolute Gasteiger partial charge is 0.302 e. The highest BCUT2D eigenvalue weighted by Crippen LogP contribution is 2.37. The van der Waals surface area contributed by atoms with E-state index in [2.05, 4.69) is 42.5 Å². The second-order valence-electron chi connectivity index (χ2n) is 5.41. The number of thiophene rings is 1. The molecule has 0 saturated heterocycles. The molecule has 2 nitrogen and oxygen atoms in total. The van der Waals surface area contributed by atoms with E-state index in [1.807, 2.05) is 16.0 Å². The van der Waals surface area contributed by atoms with Crippen molar-refractivity contribution in [1.29, 1.82) is 0 Å². The van der Waals surface area contributed by atoms with Crippen LogP contribution < -0.4 is 5.56 Å². The number of aromatic nitrogens is 1. The second kappa shape index (κ2) is 3.83. The molecule has 100 valence electrons. The Morgan fingerprint density at radius 3 is 2.71 bits per heavy atom. The number of rotatable bonds is 0. The summed E-state index contributed by atoms with van der Waals surface area (Å²) < 4.78 is 2.80. The van der Waals surface area contributed by atoms with Gasteiger partial charge in [0.2, 0.25) is 0 Å². The van der Waals surface area contributed by atoms with Gasteiger partial charge in [-0.15, -0.1) is 11.3 Å². The molecular weight excluding hydrogens is 278 g/mol. The van der Waals surface area contributed by atoms with Gasteiger partial charge in [0.05, 0.1) is 12.1 Å². The van der Waals surface area contributed by atoms with E-state index in [-0.39, 0.29) is 5.56 Å². The molecule has 0 atom stereocenters. The Labute approximate surface area is 124 Å². The number of fused-ring (bicyclic) bond motifs is 4. The second-order valence-corrected chi connectivity index (χ2v) is 6.33. The van der Waals surface area contributed by atoms with E-state index >= 15 is 0 Å². The van der Waals surface area contributed by atoms with Crippen molar-refractivity contribution in [1.82, 2.24) is 4.57 Å². The zero-order valence-corrected chi connectivity index (χ0v) is 12.0. The van der Waals surface area contributed by atoms with Gasteiger partial charge >= 0.3 is 0 Å². The molecule has 21 heavy (non-hydrogen) atoms. The van der Waals surface area contributed by atoms with Crippen LogP contribution in [0.3, 0.4) is 0 Å². The van der Waals surface area contributed by atoms with Crippen molar-refractivity contribution < 1.29 is 0 Å². The van der Waals surface area contributed by atoms with Crippen molar-refractivity contribution >= 4 is 32.3 Å². The van der Waals surface area contributed by atoms with Crippen LogP contribution in [0.15, 0.2) is 58.7 Å². The van der Waals surface area contributed by atoms with Crippen molar-refractivity contribution in [2.45, 2.75) is 6.54 Å². The number of benzene rings is 2. The lowest BCUT2D eigenvalue weighted by molar-refractivity contribution is 0.796. The Hall–Kier alpha value is -2.39. The summed E-state index contributed by atoms with van der Waals surface area (Å²) in [6, 6.07) is 16.8. The Morgan fingerprint density at radius 1 is 0.905 bits per heavy atom. The summed E-state index contributed by atoms with van der Waals surface area (Å²) in [6.45, 7) is 0.663. The smallest absolute Gasteiger partial charge is 0.269 e. The molecule has 0 bridgehead atoms. The van der Waals surface area contributed by atoms with Crippen molar-refractivity contribution in [3.05, 3.63) is 69.8 Å². The maximum Gasteiger partial charge on any atom is 0.269 e. The summed E-state index contributed by atoms with van der Waals surface area (Å²) in [7, 11) is 0. The molecule has 0 amide bonds. The lowest BCUT2D eigenvalue weighted by Crippen LogP contribution is -2.23. The van der Waals surface area contributed by atoms with Gasteiger partial charge in [-0.3, -0.25) is 4.79 Å². The van der Waals surface area contributed by atoms with Crippen molar-refractivity contribution in [3.63, 3.8) is 0 Å². The molecule has 0 radical (unpaired) electrons. The van der Waals surface area contributed by atoms with E-state index in [1.54, 1.807) is 0 Å². The first-order chi connectivity index (χ1) is 10.3. The van der Waals surface area contributed by atoms with E-state index in [0.717, 1.165) is 15.6 Å². The third kappa shape index (κ3) is 1.34. The zero-order chi connectivity index (χ0) is 14.0. The molecule has 0 saturated carbocycles. The standard InChI is InChI=1S/C18H11NOS/c20-18-17-15(8-9-21-17)14-7-3-6-13-12-5-2-1-4-11(12)10-19(18)16(13)14/h1-9H,10H2. The summed E-state index contributed by atoms with van der Waals surface area (Å²) in [5, 5.41) is 4.27. The van der Waals surface area contributed by atoms with Crippen LogP contribution in [0.25, 0.3) is 32.1 Å². The van der Waals surface area contributed by atoms with Crippen molar-refractivity contribution in [2.75, 3.05) is 0 Å². The summed E-state index contributed by atoms with van der Waals surface area (Å²) in [5.74, 6) is 0. The van der Waals surface area contributed by atoms with Gasteiger partial charge in [-0.1, -0.05) is 42.5 Å². The van der Waals surface area contributed by atoms with Crippen LogP contribution in [0.4, 0.5) is 0 Å². The molecular formula is C18H11NOS. The Morgan fingerprint density at radius 2 is 1.76 bits per heavy atom. The summed E-state index contributed by atoms with van der Waals surface area (Å²) in [4.78, 5) is 12.8. The first-order valence-corrected chi connectivity index (χ1v) is 7.83. The average molecular weight is 289 g/mol. The molecule has 5 rings (SSSR count). The van der Waals surface area contributed by atoms with E-state index in [1.165, 1.54) is 33.4 Å². The fraction of sp³-hybridized carbons (Fsp3) is 0.0556. The highest BCUT2D eigenvalue weighted by molar-refractivity contribution is 7.17. The quantitative estimate of drug-likeness (QED) is 0.418. The predicted octanol–water partition coefficient (Wildman–Crippen LogP) is 4.24. The third-order valence-electron chi connectivity index (χ3n) is 4.34.